The molecule has 2 aromatic rings. The molecule has 3 heterocycles. The Morgan fingerprint density at radius 3 is 2.57 bits per heavy atom. The minimum atomic E-state index is -0.652. The molecule has 1 N–H and O–H groups in total. The van der Waals surface area contributed by atoms with Crippen LogP contribution in [-0.4, -0.2) is 71.5 Å². The molecule has 4 rings (SSSR count). The third-order valence-corrected chi connectivity index (χ3v) is 5.02. The van der Waals surface area contributed by atoms with Gasteiger partial charge in [-0.3, -0.25) is 10.1 Å². The van der Waals surface area contributed by atoms with E-state index in [0.717, 1.165) is 0 Å². The van der Waals surface area contributed by atoms with Gasteiger partial charge in [0.25, 0.3) is 0 Å². The number of hydrogen-bond acceptors (Lipinski definition) is 9. The standard InChI is InChI=1S/C19H20N4O7/c1-10(24)11-3-5-12(6-4-11)20-19(26)30-15-9-29-16-14(8-28-17(15)16)23-7-13(21-22-23)18(25)27-2/h3-7,14-17H,8-9H2,1-2H3,(H,20,26). The number of carbonyl (C=O) groups excluding carboxylic acids is 3. The van der Waals surface area contributed by atoms with Crippen molar-refractivity contribution in [2.75, 3.05) is 25.6 Å². The van der Waals surface area contributed by atoms with Gasteiger partial charge >= 0.3 is 12.1 Å². The van der Waals surface area contributed by atoms with Gasteiger partial charge in [0.2, 0.25) is 0 Å². The molecule has 2 fully saturated rings. The van der Waals surface area contributed by atoms with Crippen LogP contribution < -0.4 is 5.32 Å². The fourth-order valence-electron chi connectivity index (χ4n) is 3.48. The van der Waals surface area contributed by atoms with Crippen LogP contribution in [0.1, 0.15) is 33.8 Å². The first-order valence-electron chi connectivity index (χ1n) is 9.28. The topological polar surface area (TPSA) is 131 Å². The van der Waals surface area contributed by atoms with E-state index in [4.69, 9.17) is 14.2 Å². The summed E-state index contributed by atoms with van der Waals surface area (Å²) in [5, 5.41) is 10.4. The van der Waals surface area contributed by atoms with Crippen LogP contribution in [-0.2, 0) is 18.9 Å². The number of fused-ring (bicyclic) bond motifs is 1. The van der Waals surface area contributed by atoms with Crippen LogP contribution in [0.15, 0.2) is 30.5 Å². The molecule has 0 spiro atoms. The van der Waals surface area contributed by atoms with Gasteiger partial charge in [0.1, 0.15) is 18.2 Å². The van der Waals surface area contributed by atoms with E-state index in [0.29, 0.717) is 11.3 Å². The normalized spacial score (nSPS) is 24.9. The SMILES string of the molecule is COC(=O)c1cn(C2COC3C(OC(=O)Nc4ccc(C(C)=O)cc4)COC32)nn1. The lowest BCUT2D eigenvalue weighted by Gasteiger charge is -2.17. The van der Waals surface area contributed by atoms with Crippen molar-refractivity contribution in [3.63, 3.8) is 0 Å². The summed E-state index contributed by atoms with van der Waals surface area (Å²) in [6.45, 7) is 1.91. The van der Waals surface area contributed by atoms with E-state index < -0.39 is 30.4 Å². The summed E-state index contributed by atoms with van der Waals surface area (Å²) >= 11 is 0. The molecule has 11 heteroatoms. The molecular formula is C19H20N4O7. The van der Waals surface area contributed by atoms with E-state index in [2.05, 4.69) is 20.4 Å². The average molecular weight is 416 g/mol. The number of ketones is 1. The maximum Gasteiger partial charge on any atom is 0.412 e. The Balaban J connectivity index is 1.35. The second-order valence-corrected chi connectivity index (χ2v) is 6.94. The van der Waals surface area contributed by atoms with E-state index in [1.165, 1.54) is 24.9 Å². The van der Waals surface area contributed by atoms with Gasteiger partial charge in [-0.2, -0.15) is 0 Å². The van der Waals surface area contributed by atoms with Crippen LogP contribution in [0, 0.1) is 0 Å². The largest absolute Gasteiger partial charge is 0.464 e. The number of nitrogens with one attached hydrogen (secondary N) is 1. The number of amides is 1. The molecule has 4 atom stereocenters. The summed E-state index contributed by atoms with van der Waals surface area (Å²) in [5.74, 6) is -0.643. The highest BCUT2D eigenvalue weighted by molar-refractivity contribution is 5.95. The number of anilines is 1. The Bertz CT molecular complexity index is 958. The van der Waals surface area contributed by atoms with Gasteiger partial charge < -0.3 is 18.9 Å². The Morgan fingerprint density at radius 2 is 1.87 bits per heavy atom. The van der Waals surface area contributed by atoms with E-state index in [9.17, 15) is 14.4 Å². The van der Waals surface area contributed by atoms with Gasteiger partial charge in [-0.05, 0) is 31.2 Å². The molecule has 1 aromatic carbocycles. The number of hydrogen-bond donors (Lipinski definition) is 1. The number of carbonyl (C=O) groups is 3. The summed E-state index contributed by atoms with van der Waals surface area (Å²) in [5.41, 5.74) is 1.14. The van der Waals surface area contributed by atoms with Crippen molar-refractivity contribution in [1.29, 1.82) is 0 Å². The minimum Gasteiger partial charge on any atom is -0.464 e. The van der Waals surface area contributed by atoms with Crippen LogP contribution in [0.25, 0.3) is 0 Å². The number of ether oxygens (including phenoxy) is 4. The smallest absolute Gasteiger partial charge is 0.412 e. The number of rotatable bonds is 5. The molecule has 0 radical (unpaired) electrons. The molecule has 0 aliphatic carbocycles. The monoisotopic (exact) mass is 416 g/mol. The van der Waals surface area contributed by atoms with E-state index in [1.807, 2.05) is 0 Å². The first kappa shape index (κ1) is 20.0. The molecule has 2 aliphatic rings. The quantitative estimate of drug-likeness (QED) is 0.564. The Morgan fingerprint density at radius 1 is 1.13 bits per heavy atom. The van der Waals surface area contributed by atoms with Gasteiger partial charge in [0, 0.05) is 11.3 Å². The zero-order chi connectivity index (χ0) is 21.3. The van der Waals surface area contributed by atoms with Gasteiger partial charge in [-0.15, -0.1) is 5.10 Å². The predicted octanol–water partition coefficient (Wildman–Crippen LogP) is 1.22. The summed E-state index contributed by atoms with van der Waals surface area (Å²) in [4.78, 5) is 35.1. The van der Waals surface area contributed by atoms with Crippen molar-refractivity contribution in [3.05, 3.63) is 41.7 Å². The summed E-state index contributed by atoms with van der Waals surface area (Å²) in [7, 11) is 1.26. The zero-order valence-corrected chi connectivity index (χ0v) is 16.3. The molecule has 2 saturated heterocycles. The number of benzene rings is 1. The van der Waals surface area contributed by atoms with Gasteiger partial charge in [0.15, 0.2) is 17.6 Å². The predicted molar refractivity (Wildman–Crippen MR) is 100 cm³/mol. The second-order valence-electron chi connectivity index (χ2n) is 6.94. The molecule has 0 bridgehead atoms. The van der Waals surface area contributed by atoms with Crippen molar-refractivity contribution in [2.24, 2.45) is 0 Å². The lowest BCUT2D eigenvalue weighted by Crippen LogP contribution is -2.34. The molecule has 2 aliphatic heterocycles. The first-order chi connectivity index (χ1) is 14.5. The number of Topliss-reactive ketones (excluding diaryl/α,β-unsaturated/α-hetero) is 1. The Kier molecular flexibility index (Phi) is 5.46. The third-order valence-electron chi connectivity index (χ3n) is 5.02. The van der Waals surface area contributed by atoms with Crippen LogP contribution in [0.5, 0.6) is 0 Å². The fourth-order valence-corrected chi connectivity index (χ4v) is 3.48. The van der Waals surface area contributed by atoms with E-state index in [1.54, 1.807) is 24.3 Å². The molecule has 4 unspecified atom stereocenters. The summed E-state index contributed by atoms with van der Waals surface area (Å²) in [6.07, 6.45) is -0.644. The minimum absolute atomic E-state index is 0.0581. The van der Waals surface area contributed by atoms with E-state index in [-0.39, 0.29) is 30.7 Å². The second kappa shape index (κ2) is 8.20. The van der Waals surface area contributed by atoms with E-state index >= 15 is 0 Å². The first-order valence-corrected chi connectivity index (χ1v) is 9.28. The third kappa shape index (κ3) is 3.89. The fraction of sp³-hybridized carbons (Fsp3) is 0.421. The highest BCUT2D eigenvalue weighted by Crippen LogP contribution is 2.35. The molecule has 30 heavy (non-hydrogen) atoms. The number of methoxy groups -OCH3 is 1. The lowest BCUT2D eigenvalue weighted by molar-refractivity contribution is 0.00770. The van der Waals surface area contributed by atoms with Crippen molar-refractivity contribution in [1.82, 2.24) is 15.0 Å². The maximum absolute atomic E-state index is 12.2. The van der Waals surface area contributed by atoms with Crippen LogP contribution in [0.4, 0.5) is 10.5 Å². The Labute approximate surface area is 171 Å². The average Bonchev–Trinajstić information content (AvgIpc) is 3.45. The highest BCUT2D eigenvalue weighted by Gasteiger charge is 2.50. The van der Waals surface area contributed by atoms with Crippen LogP contribution >= 0.6 is 0 Å². The number of esters is 1. The van der Waals surface area contributed by atoms with Crippen molar-refractivity contribution in [2.45, 2.75) is 31.3 Å². The van der Waals surface area contributed by atoms with Gasteiger partial charge in [-0.1, -0.05) is 5.21 Å². The number of nitrogens with zero attached hydrogens (tertiary/aromatic N) is 3. The van der Waals surface area contributed by atoms with Crippen molar-refractivity contribution < 1.29 is 33.3 Å². The lowest BCUT2D eigenvalue weighted by atomic mass is 10.1. The highest BCUT2D eigenvalue weighted by atomic mass is 16.6. The molecule has 11 nitrogen and oxygen atoms in total. The molecule has 0 saturated carbocycles. The van der Waals surface area contributed by atoms with Crippen molar-refractivity contribution >= 4 is 23.5 Å². The Hall–Kier alpha value is -3.31. The zero-order valence-electron chi connectivity index (χ0n) is 16.3. The van der Waals surface area contributed by atoms with Crippen molar-refractivity contribution in [3.8, 4) is 0 Å². The molecule has 1 amide bonds. The van der Waals surface area contributed by atoms with Gasteiger partial charge in [0.05, 0.1) is 26.5 Å². The van der Waals surface area contributed by atoms with Crippen LogP contribution in [0.3, 0.4) is 0 Å². The van der Waals surface area contributed by atoms with Gasteiger partial charge in [-0.25, -0.2) is 14.3 Å². The number of aromatic nitrogens is 3. The van der Waals surface area contributed by atoms with Crippen LogP contribution in [0.2, 0.25) is 0 Å². The molecule has 158 valence electrons. The summed E-state index contributed by atoms with van der Waals surface area (Å²) in [6, 6.07) is 6.18. The molecular weight excluding hydrogens is 396 g/mol. The summed E-state index contributed by atoms with van der Waals surface area (Å²) < 4.78 is 23.1. The molecule has 1 aromatic heterocycles. The maximum atomic E-state index is 12.2.